The number of carbonyl (C=O) groups is 1. The third-order valence-corrected chi connectivity index (χ3v) is 3.83. The number of rotatable bonds is 5. The summed E-state index contributed by atoms with van der Waals surface area (Å²) in [4.78, 5) is 14.6. The summed E-state index contributed by atoms with van der Waals surface area (Å²) >= 11 is 0. The zero-order valence-corrected chi connectivity index (χ0v) is 13.6. The van der Waals surface area contributed by atoms with Crippen LogP contribution in [0.1, 0.15) is 10.4 Å². The first-order valence-corrected chi connectivity index (χ1v) is 7.50. The highest BCUT2D eigenvalue weighted by atomic mass is 16.5. The molecule has 0 aliphatic carbocycles. The fraction of sp³-hybridized carbons (Fsp3) is 0.278. The van der Waals surface area contributed by atoms with Gasteiger partial charge in [-0.25, -0.2) is 4.79 Å². The van der Waals surface area contributed by atoms with Crippen LogP contribution in [0.25, 0.3) is 16.4 Å². The van der Waals surface area contributed by atoms with E-state index in [0.717, 1.165) is 22.2 Å². The van der Waals surface area contributed by atoms with E-state index < -0.39 is 0 Å². The van der Waals surface area contributed by atoms with E-state index in [1.54, 1.807) is 7.11 Å². The molecule has 0 saturated heterocycles. The molecule has 5 heteroatoms. The van der Waals surface area contributed by atoms with Crippen LogP contribution in [0, 0.1) is 0 Å². The van der Waals surface area contributed by atoms with Gasteiger partial charge in [-0.15, -0.1) is 0 Å². The molecule has 2 aromatic heterocycles. The molecule has 3 aromatic rings. The smallest absolute Gasteiger partial charge is 0.341 e. The molecule has 0 fully saturated rings. The number of fused-ring (bicyclic) bond motifs is 3. The summed E-state index contributed by atoms with van der Waals surface area (Å²) in [5.41, 5.74) is 2.37. The summed E-state index contributed by atoms with van der Waals surface area (Å²) in [5.74, 6) is 0.462. The second-order valence-corrected chi connectivity index (χ2v) is 5.65. The van der Waals surface area contributed by atoms with Crippen LogP contribution < -0.4 is 4.74 Å². The second kappa shape index (κ2) is 6.30. The lowest BCUT2D eigenvalue weighted by Crippen LogP contribution is -2.20. The number of hydrogen-bond acceptors (Lipinski definition) is 4. The van der Waals surface area contributed by atoms with Crippen LogP contribution in [0.5, 0.6) is 5.75 Å². The molecule has 23 heavy (non-hydrogen) atoms. The van der Waals surface area contributed by atoms with Crippen LogP contribution in [0.4, 0.5) is 0 Å². The molecule has 0 amide bonds. The Morgan fingerprint density at radius 3 is 2.74 bits per heavy atom. The fourth-order valence-corrected chi connectivity index (χ4v) is 2.65. The molecule has 0 spiro atoms. The maximum absolute atomic E-state index is 12.6. The average Bonchev–Trinajstić information content (AvgIpc) is 2.88. The highest BCUT2D eigenvalue weighted by Crippen LogP contribution is 2.30. The standard InChI is InChI=1S/C18H20N2O3/c1-19(2)10-11-23-18(21)17-14-8-7-13(22-3)12-16(14)20-9-5-4-6-15(17)20/h4-9,12H,10-11H2,1-3H3. The van der Waals surface area contributed by atoms with E-state index in [1.165, 1.54) is 0 Å². The largest absolute Gasteiger partial charge is 0.497 e. The van der Waals surface area contributed by atoms with Crippen molar-refractivity contribution in [2.75, 3.05) is 34.4 Å². The SMILES string of the molecule is COc1ccc2c(C(=O)OCCN(C)C)c3ccccn3c2c1. The lowest BCUT2D eigenvalue weighted by molar-refractivity contribution is 0.0486. The van der Waals surface area contributed by atoms with Gasteiger partial charge in [0.05, 0.1) is 23.7 Å². The van der Waals surface area contributed by atoms with Gasteiger partial charge in [0, 0.05) is 24.2 Å². The van der Waals surface area contributed by atoms with E-state index in [9.17, 15) is 4.79 Å². The molecule has 0 bridgehead atoms. The van der Waals surface area contributed by atoms with Gasteiger partial charge in [-0.2, -0.15) is 0 Å². The van der Waals surface area contributed by atoms with E-state index >= 15 is 0 Å². The molecule has 120 valence electrons. The zero-order valence-electron chi connectivity index (χ0n) is 13.6. The number of aromatic nitrogens is 1. The molecule has 0 aliphatic rings. The van der Waals surface area contributed by atoms with Gasteiger partial charge in [-0.05, 0) is 38.4 Å². The monoisotopic (exact) mass is 312 g/mol. The van der Waals surface area contributed by atoms with Crippen molar-refractivity contribution >= 4 is 22.4 Å². The lowest BCUT2D eigenvalue weighted by atomic mass is 10.1. The van der Waals surface area contributed by atoms with Crippen LogP contribution in [0.3, 0.4) is 0 Å². The van der Waals surface area contributed by atoms with E-state index in [4.69, 9.17) is 9.47 Å². The molecular formula is C18H20N2O3. The van der Waals surface area contributed by atoms with Gasteiger partial charge in [-0.1, -0.05) is 6.07 Å². The molecule has 1 aromatic carbocycles. The Morgan fingerprint density at radius 2 is 2.00 bits per heavy atom. The van der Waals surface area contributed by atoms with Crippen molar-refractivity contribution in [1.82, 2.24) is 9.30 Å². The van der Waals surface area contributed by atoms with Crippen molar-refractivity contribution in [3.05, 3.63) is 48.2 Å². The van der Waals surface area contributed by atoms with Crippen LogP contribution in [-0.2, 0) is 4.74 Å². The number of carbonyl (C=O) groups excluding carboxylic acids is 1. The van der Waals surface area contributed by atoms with E-state index in [0.29, 0.717) is 18.7 Å². The van der Waals surface area contributed by atoms with Crippen LogP contribution in [0.15, 0.2) is 42.6 Å². The van der Waals surface area contributed by atoms with E-state index in [2.05, 4.69) is 0 Å². The molecule has 5 nitrogen and oxygen atoms in total. The maximum atomic E-state index is 12.6. The van der Waals surface area contributed by atoms with Crippen LogP contribution in [-0.4, -0.2) is 49.6 Å². The van der Waals surface area contributed by atoms with Crippen molar-refractivity contribution < 1.29 is 14.3 Å². The first kappa shape index (κ1) is 15.4. The topological polar surface area (TPSA) is 43.2 Å². The van der Waals surface area contributed by atoms with Gasteiger partial charge in [0.25, 0.3) is 0 Å². The Bertz CT molecular complexity index is 852. The number of nitrogens with zero attached hydrogens (tertiary/aromatic N) is 2. The molecule has 0 aliphatic heterocycles. The van der Waals surface area contributed by atoms with Gasteiger partial charge in [0.2, 0.25) is 0 Å². The minimum Gasteiger partial charge on any atom is -0.497 e. The summed E-state index contributed by atoms with van der Waals surface area (Å²) in [6.07, 6.45) is 1.94. The van der Waals surface area contributed by atoms with E-state index in [1.807, 2.05) is 66.0 Å². The van der Waals surface area contributed by atoms with Crippen molar-refractivity contribution in [1.29, 1.82) is 0 Å². The third-order valence-electron chi connectivity index (χ3n) is 3.83. The summed E-state index contributed by atoms with van der Waals surface area (Å²) in [6, 6.07) is 11.5. The Hall–Kier alpha value is -2.53. The molecular weight excluding hydrogens is 292 g/mol. The van der Waals surface area contributed by atoms with Crippen LogP contribution >= 0.6 is 0 Å². The average molecular weight is 312 g/mol. The van der Waals surface area contributed by atoms with Gasteiger partial charge in [0.1, 0.15) is 12.4 Å². The highest BCUT2D eigenvalue weighted by Gasteiger charge is 2.19. The summed E-state index contributed by atoms with van der Waals surface area (Å²) in [7, 11) is 5.53. The predicted octanol–water partition coefficient (Wildman–Crippen LogP) is 2.82. The summed E-state index contributed by atoms with van der Waals surface area (Å²) in [5, 5.41) is 0.867. The van der Waals surface area contributed by atoms with Gasteiger partial charge in [-0.3, -0.25) is 0 Å². The van der Waals surface area contributed by atoms with Crippen molar-refractivity contribution in [3.8, 4) is 5.75 Å². The Labute approximate surface area is 135 Å². The normalized spacial score (nSPS) is 11.3. The molecule has 3 rings (SSSR count). The number of ether oxygens (including phenoxy) is 2. The zero-order chi connectivity index (χ0) is 16.4. The maximum Gasteiger partial charge on any atom is 0.341 e. The quantitative estimate of drug-likeness (QED) is 0.680. The number of benzene rings is 1. The van der Waals surface area contributed by atoms with Crippen molar-refractivity contribution in [3.63, 3.8) is 0 Å². The Morgan fingerprint density at radius 1 is 1.17 bits per heavy atom. The molecule has 0 saturated carbocycles. The lowest BCUT2D eigenvalue weighted by Gasteiger charge is -2.09. The van der Waals surface area contributed by atoms with Gasteiger partial charge in [0.15, 0.2) is 0 Å². The van der Waals surface area contributed by atoms with Gasteiger partial charge < -0.3 is 18.8 Å². The number of hydrogen-bond donors (Lipinski definition) is 0. The van der Waals surface area contributed by atoms with Crippen molar-refractivity contribution in [2.24, 2.45) is 0 Å². The molecule has 0 unspecified atom stereocenters. The van der Waals surface area contributed by atoms with Crippen LogP contribution in [0.2, 0.25) is 0 Å². The first-order valence-electron chi connectivity index (χ1n) is 7.50. The number of methoxy groups -OCH3 is 1. The van der Waals surface area contributed by atoms with Gasteiger partial charge >= 0.3 is 5.97 Å². The highest BCUT2D eigenvalue weighted by molar-refractivity contribution is 6.11. The van der Waals surface area contributed by atoms with E-state index in [-0.39, 0.29) is 5.97 Å². The molecule has 0 atom stereocenters. The first-order chi connectivity index (χ1) is 11.1. The fourth-order valence-electron chi connectivity index (χ4n) is 2.65. The van der Waals surface area contributed by atoms with Crippen molar-refractivity contribution in [2.45, 2.75) is 0 Å². The molecule has 0 N–H and O–H groups in total. The number of pyridine rings is 1. The molecule has 2 heterocycles. The summed E-state index contributed by atoms with van der Waals surface area (Å²) < 4.78 is 12.7. The second-order valence-electron chi connectivity index (χ2n) is 5.65. The third kappa shape index (κ3) is 2.87. The summed E-state index contributed by atoms with van der Waals surface area (Å²) in [6.45, 7) is 1.07. The minimum absolute atomic E-state index is 0.296. The Balaban J connectivity index is 2.08. The number of likely N-dealkylation sites (N-methyl/N-ethyl adjacent to an activating group) is 1. The molecule has 0 radical (unpaired) electrons. The number of esters is 1. The predicted molar refractivity (Wildman–Crippen MR) is 90.3 cm³/mol. The minimum atomic E-state index is -0.296. The Kier molecular flexibility index (Phi) is 4.21.